The van der Waals surface area contributed by atoms with Gasteiger partial charge in [0.15, 0.2) is 0 Å². The van der Waals surface area contributed by atoms with E-state index < -0.39 is 0 Å². The van der Waals surface area contributed by atoms with Crippen molar-refractivity contribution in [1.29, 1.82) is 0 Å². The predicted molar refractivity (Wildman–Crippen MR) is 71.6 cm³/mol. The Morgan fingerprint density at radius 2 is 2.39 bits per heavy atom. The molecule has 0 fully saturated rings. The number of thiazole rings is 1. The second-order valence-corrected chi connectivity index (χ2v) is 4.95. The van der Waals surface area contributed by atoms with Gasteiger partial charge in [-0.25, -0.2) is 4.98 Å². The van der Waals surface area contributed by atoms with Crippen molar-refractivity contribution in [1.82, 2.24) is 10.3 Å². The van der Waals surface area contributed by atoms with Crippen molar-refractivity contribution in [2.75, 3.05) is 6.61 Å². The first-order valence-corrected chi connectivity index (χ1v) is 6.95. The van der Waals surface area contributed by atoms with Crippen LogP contribution in [-0.4, -0.2) is 22.6 Å². The number of nitrogens with zero attached hydrogens (tertiary/aromatic N) is 1. The third-order valence-electron chi connectivity index (χ3n) is 2.07. The Morgan fingerprint density at radius 3 is 3.11 bits per heavy atom. The van der Waals surface area contributed by atoms with E-state index in [0.29, 0.717) is 12.1 Å². The molecule has 2 aromatic heterocycles. The molecule has 2 aromatic rings. The smallest absolute Gasteiger partial charge is 0.252 e. The molecular formula is C12H10N2O2S2. The Kier molecular flexibility index (Phi) is 4.47. The van der Waals surface area contributed by atoms with Crippen molar-refractivity contribution in [2.45, 2.75) is 6.54 Å². The van der Waals surface area contributed by atoms with E-state index in [0.717, 1.165) is 10.6 Å². The van der Waals surface area contributed by atoms with E-state index in [1.54, 1.807) is 17.0 Å². The molecule has 1 amide bonds. The molecule has 0 bridgehead atoms. The first-order chi connectivity index (χ1) is 8.79. The van der Waals surface area contributed by atoms with E-state index in [4.69, 9.17) is 5.11 Å². The summed E-state index contributed by atoms with van der Waals surface area (Å²) in [5, 5.41) is 15.0. The topological polar surface area (TPSA) is 62.2 Å². The molecule has 2 rings (SSSR count). The maximum absolute atomic E-state index is 11.8. The zero-order chi connectivity index (χ0) is 12.8. The maximum Gasteiger partial charge on any atom is 0.252 e. The van der Waals surface area contributed by atoms with Crippen molar-refractivity contribution in [3.63, 3.8) is 0 Å². The van der Waals surface area contributed by atoms with Gasteiger partial charge in [0.05, 0.1) is 28.2 Å². The van der Waals surface area contributed by atoms with Gasteiger partial charge >= 0.3 is 0 Å². The van der Waals surface area contributed by atoms with Gasteiger partial charge in [-0.1, -0.05) is 11.8 Å². The van der Waals surface area contributed by atoms with Crippen LogP contribution in [0.1, 0.15) is 20.9 Å². The number of aliphatic hydroxyl groups is 1. The molecule has 0 aliphatic rings. The molecule has 0 unspecified atom stereocenters. The van der Waals surface area contributed by atoms with E-state index in [-0.39, 0.29) is 12.5 Å². The second kappa shape index (κ2) is 6.31. The van der Waals surface area contributed by atoms with E-state index in [2.05, 4.69) is 22.1 Å². The number of amides is 1. The molecule has 0 atom stereocenters. The van der Waals surface area contributed by atoms with Gasteiger partial charge in [0.2, 0.25) is 0 Å². The van der Waals surface area contributed by atoms with Crippen LogP contribution in [0.25, 0.3) is 0 Å². The molecular weight excluding hydrogens is 268 g/mol. The number of carbonyl (C=O) groups excluding carboxylic acids is 1. The SMILES string of the molecule is O=C(NCc1cscn1)c1csc(C#CCO)c1. The summed E-state index contributed by atoms with van der Waals surface area (Å²) in [7, 11) is 0. The molecule has 0 saturated carbocycles. The third kappa shape index (κ3) is 3.40. The van der Waals surface area contributed by atoms with Gasteiger partial charge in [-0.15, -0.1) is 22.7 Å². The summed E-state index contributed by atoms with van der Waals surface area (Å²) in [4.78, 5) is 16.7. The van der Waals surface area contributed by atoms with Crippen molar-refractivity contribution >= 4 is 28.6 Å². The lowest BCUT2D eigenvalue weighted by Crippen LogP contribution is -2.22. The lowest BCUT2D eigenvalue weighted by atomic mass is 10.3. The Bertz CT molecular complexity index is 579. The Morgan fingerprint density at radius 1 is 1.50 bits per heavy atom. The highest BCUT2D eigenvalue weighted by atomic mass is 32.1. The van der Waals surface area contributed by atoms with Gasteiger partial charge in [0.25, 0.3) is 5.91 Å². The van der Waals surface area contributed by atoms with Crippen LogP contribution in [0.15, 0.2) is 22.3 Å². The molecule has 2 heterocycles. The molecule has 0 spiro atoms. The summed E-state index contributed by atoms with van der Waals surface area (Å²) in [5.74, 6) is 5.17. The fourth-order valence-electron chi connectivity index (χ4n) is 1.25. The minimum atomic E-state index is -0.177. The zero-order valence-electron chi connectivity index (χ0n) is 9.34. The summed E-state index contributed by atoms with van der Waals surface area (Å²) in [6.45, 7) is 0.249. The normalized spacial score (nSPS) is 9.61. The van der Waals surface area contributed by atoms with Gasteiger partial charge < -0.3 is 10.4 Å². The van der Waals surface area contributed by atoms with E-state index in [1.807, 2.05) is 5.38 Å². The predicted octanol–water partition coefficient (Wildman–Crippen LogP) is 1.48. The number of aliphatic hydroxyl groups excluding tert-OH is 1. The highest BCUT2D eigenvalue weighted by Gasteiger charge is 2.07. The third-order valence-corrected chi connectivity index (χ3v) is 3.55. The number of aromatic nitrogens is 1. The summed E-state index contributed by atoms with van der Waals surface area (Å²) >= 11 is 2.88. The standard InChI is InChI=1S/C12H10N2O2S2/c15-3-1-2-11-4-9(6-18-11)12(16)13-5-10-7-17-8-14-10/h4,6-8,15H,3,5H2,(H,13,16). The number of hydrogen-bond donors (Lipinski definition) is 2. The molecule has 0 saturated heterocycles. The average molecular weight is 278 g/mol. The van der Waals surface area contributed by atoms with Crippen LogP contribution in [-0.2, 0) is 6.54 Å². The van der Waals surface area contributed by atoms with Crippen molar-refractivity contribution in [2.24, 2.45) is 0 Å². The molecule has 0 aliphatic carbocycles. The summed E-state index contributed by atoms with van der Waals surface area (Å²) < 4.78 is 0. The summed E-state index contributed by atoms with van der Waals surface area (Å²) in [6.07, 6.45) is 0. The van der Waals surface area contributed by atoms with E-state index in [1.165, 1.54) is 22.7 Å². The number of nitrogens with one attached hydrogen (secondary N) is 1. The molecule has 4 nitrogen and oxygen atoms in total. The fourth-order valence-corrected chi connectivity index (χ4v) is 2.56. The maximum atomic E-state index is 11.8. The highest BCUT2D eigenvalue weighted by molar-refractivity contribution is 7.10. The van der Waals surface area contributed by atoms with Crippen LogP contribution in [0.4, 0.5) is 0 Å². The average Bonchev–Trinajstić information content (AvgIpc) is 3.04. The number of carbonyl (C=O) groups is 1. The quantitative estimate of drug-likeness (QED) is 0.836. The van der Waals surface area contributed by atoms with Gasteiger partial charge in [0.1, 0.15) is 6.61 Å². The van der Waals surface area contributed by atoms with Gasteiger partial charge in [-0.05, 0) is 6.07 Å². The summed E-state index contributed by atoms with van der Waals surface area (Å²) in [5.41, 5.74) is 3.16. The van der Waals surface area contributed by atoms with Crippen molar-refractivity contribution in [3.8, 4) is 11.8 Å². The molecule has 0 radical (unpaired) electrons. The van der Waals surface area contributed by atoms with Crippen molar-refractivity contribution < 1.29 is 9.90 Å². The van der Waals surface area contributed by atoms with E-state index >= 15 is 0 Å². The monoisotopic (exact) mass is 278 g/mol. The Hall–Kier alpha value is -1.68. The van der Waals surface area contributed by atoms with Gasteiger partial charge in [-0.2, -0.15) is 0 Å². The van der Waals surface area contributed by atoms with Crippen LogP contribution in [0.2, 0.25) is 0 Å². The van der Waals surface area contributed by atoms with Gasteiger partial charge in [-0.3, -0.25) is 4.79 Å². The largest absolute Gasteiger partial charge is 0.384 e. The lowest BCUT2D eigenvalue weighted by Gasteiger charge is -2.00. The second-order valence-electron chi connectivity index (χ2n) is 3.32. The van der Waals surface area contributed by atoms with Crippen LogP contribution < -0.4 is 5.32 Å². The Balaban J connectivity index is 1.94. The molecule has 0 aliphatic heterocycles. The number of thiophene rings is 1. The number of hydrogen-bond acceptors (Lipinski definition) is 5. The number of rotatable bonds is 3. The molecule has 18 heavy (non-hydrogen) atoms. The molecule has 0 aromatic carbocycles. The van der Waals surface area contributed by atoms with E-state index in [9.17, 15) is 4.79 Å². The lowest BCUT2D eigenvalue weighted by molar-refractivity contribution is 0.0951. The van der Waals surface area contributed by atoms with Crippen LogP contribution >= 0.6 is 22.7 Å². The fraction of sp³-hybridized carbons (Fsp3) is 0.167. The first kappa shape index (κ1) is 12.8. The molecule has 2 N–H and O–H groups in total. The van der Waals surface area contributed by atoms with Crippen LogP contribution in [0.3, 0.4) is 0 Å². The molecule has 92 valence electrons. The summed E-state index contributed by atoms with van der Waals surface area (Å²) in [6, 6.07) is 1.71. The van der Waals surface area contributed by atoms with Crippen LogP contribution in [0, 0.1) is 11.8 Å². The Labute approximate surface area is 112 Å². The zero-order valence-corrected chi connectivity index (χ0v) is 11.0. The first-order valence-electron chi connectivity index (χ1n) is 5.13. The van der Waals surface area contributed by atoms with Gasteiger partial charge in [0, 0.05) is 10.8 Å². The minimum absolute atomic E-state index is 0.142. The molecule has 6 heteroatoms. The van der Waals surface area contributed by atoms with Crippen LogP contribution in [0.5, 0.6) is 0 Å². The highest BCUT2D eigenvalue weighted by Crippen LogP contribution is 2.13. The minimum Gasteiger partial charge on any atom is -0.384 e. The van der Waals surface area contributed by atoms with Crippen molar-refractivity contribution in [3.05, 3.63) is 38.5 Å².